The first kappa shape index (κ1) is 11.7. The summed E-state index contributed by atoms with van der Waals surface area (Å²) in [6.07, 6.45) is 1.49. The molecule has 2 unspecified atom stereocenters. The van der Waals surface area contributed by atoms with Crippen LogP contribution in [0.4, 0.5) is 0 Å². The quantitative estimate of drug-likeness (QED) is 0.711. The third kappa shape index (κ3) is 2.34. The first-order valence-corrected chi connectivity index (χ1v) is 5.39. The second kappa shape index (κ2) is 4.89. The predicted octanol–water partition coefficient (Wildman–Crippen LogP) is 0.981. The average Bonchev–Trinajstić information content (AvgIpc) is 2.46. The van der Waals surface area contributed by atoms with Crippen molar-refractivity contribution in [1.29, 1.82) is 0 Å². The van der Waals surface area contributed by atoms with E-state index < -0.39 is 6.10 Å². The fourth-order valence-electron chi connectivity index (χ4n) is 2.29. The molecule has 0 aromatic carbocycles. The zero-order chi connectivity index (χ0) is 10.7. The number of carbonyl (C=O) groups is 1. The highest BCUT2D eigenvalue weighted by Gasteiger charge is 2.38. The fraction of sp³-hybridized carbons (Fsp3) is 0.909. The number of ketones is 1. The smallest absolute Gasteiger partial charge is 0.138 e. The van der Waals surface area contributed by atoms with Crippen molar-refractivity contribution in [3.8, 4) is 0 Å². The van der Waals surface area contributed by atoms with Crippen molar-refractivity contribution >= 4 is 5.78 Å². The second-order valence-corrected chi connectivity index (χ2v) is 4.49. The molecule has 0 aliphatic heterocycles. The Labute approximate surface area is 85.1 Å². The molecular weight excluding hydrogens is 180 g/mol. The number of carbonyl (C=O) groups excluding carboxylic acids is 1. The van der Waals surface area contributed by atoms with Gasteiger partial charge >= 0.3 is 0 Å². The molecule has 3 heteroatoms. The maximum absolute atomic E-state index is 11.5. The molecule has 0 bridgehead atoms. The summed E-state index contributed by atoms with van der Waals surface area (Å²) in [4.78, 5) is 11.5. The lowest BCUT2D eigenvalue weighted by molar-refractivity contribution is -0.126. The van der Waals surface area contributed by atoms with Gasteiger partial charge in [-0.05, 0) is 24.7 Å². The van der Waals surface area contributed by atoms with E-state index in [9.17, 15) is 9.90 Å². The van der Waals surface area contributed by atoms with Crippen molar-refractivity contribution in [3.63, 3.8) is 0 Å². The number of hydrogen-bond acceptors (Lipinski definition) is 3. The van der Waals surface area contributed by atoms with Gasteiger partial charge < -0.3 is 10.2 Å². The van der Waals surface area contributed by atoms with E-state index in [4.69, 9.17) is 5.11 Å². The van der Waals surface area contributed by atoms with Crippen LogP contribution in [0.15, 0.2) is 0 Å². The van der Waals surface area contributed by atoms with Crippen LogP contribution < -0.4 is 0 Å². The zero-order valence-corrected chi connectivity index (χ0v) is 8.94. The van der Waals surface area contributed by atoms with Gasteiger partial charge in [-0.3, -0.25) is 4.79 Å². The van der Waals surface area contributed by atoms with Gasteiger partial charge in [-0.15, -0.1) is 0 Å². The van der Waals surface area contributed by atoms with E-state index in [1.807, 2.05) is 13.8 Å². The standard InChI is InChI=1S/C11H20O3/c1-7-3-4-9(13)10(7)11(14)8(2)5-6-12/h7-8,10-12,14H,3-6H2,1-2H3/t7?,8-,10-,11?/m1/s1. The lowest BCUT2D eigenvalue weighted by Crippen LogP contribution is -2.33. The van der Waals surface area contributed by atoms with Gasteiger partial charge in [0.05, 0.1) is 6.10 Å². The van der Waals surface area contributed by atoms with Crippen LogP contribution in [0.5, 0.6) is 0 Å². The molecule has 1 aliphatic carbocycles. The summed E-state index contributed by atoms with van der Waals surface area (Å²) in [6, 6.07) is 0. The average molecular weight is 200 g/mol. The summed E-state index contributed by atoms with van der Waals surface area (Å²) in [7, 11) is 0. The van der Waals surface area contributed by atoms with Gasteiger partial charge in [0.1, 0.15) is 5.78 Å². The third-order valence-electron chi connectivity index (χ3n) is 3.37. The van der Waals surface area contributed by atoms with Crippen LogP contribution in [0.25, 0.3) is 0 Å². The summed E-state index contributed by atoms with van der Waals surface area (Å²) < 4.78 is 0. The molecule has 1 aliphatic rings. The van der Waals surface area contributed by atoms with E-state index in [-0.39, 0.29) is 24.2 Å². The van der Waals surface area contributed by atoms with Crippen molar-refractivity contribution in [1.82, 2.24) is 0 Å². The van der Waals surface area contributed by atoms with Crippen LogP contribution in [0.1, 0.15) is 33.1 Å². The summed E-state index contributed by atoms with van der Waals surface area (Å²) in [6.45, 7) is 3.98. The van der Waals surface area contributed by atoms with Crippen molar-refractivity contribution in [2.75, 3.05) is 6.61 Å². The Balaban J connectivity index is 2.58. The van der Waals surface area contributed by atoms with E-state index >= 15 is 0 Å². The van der Waals surface area contributed by atoms with Crippen molar-refractivity contribution < 1.29 is 15.0 Å². The van der Waals surface area contributed by atoms with Gasteiger partial charge in [0.2, 0.25) is 0 Å². The zero-order valence-electron chi connectivity index (χ0n) is 8.94. The van der Waals surface area contributed by atoms with E-state index in [0.29, 0.717) is 18.8 Å². The van der Waals surface area contributed by atoms with E-state index in [1.54, 1.807) is 0 Å². The molecule has 0 spiro atoms. The van der Waals surface area contributed by atoms with Crippen molar-refractivity contribution in [2.45, 2.75) is 39.2 Å². The molecule has 0 saturated heterocycles. The molecule has 2 N–H and O–H groups in total. The molecule has 4 atom stereocenters. The van der Waals surface area contributed by atoms with E-state index in [0.717, 1.165) is 6.42 Å². The Hall–Kier alpha value is -0.410. The lowest BCUT2D eigenvalue weighted by Gasteiger charge is -2.25. The Kier molecular flexibility index (Phi) is 4.08. The van der Waals surface area contributed by atoms with Gasteiger partial charge in [-0.2, -0.15) is 0 Å². The summed E-state index contributed by atoms with van der Waals surface area (Å²) >= 11 is 0. The largest absolute Gasteiger partial charge is 0.396 e. The summed E-state index contributed by atoms with van der Waals surface area (Å²) in [5.74, 6) is 0.291. The molecule has 82 valence electrons. The van der Waals surface area contributed by atoms with Crippen LogP contribution in [0.3, 0.4) is 0 Å². The molecule has 3 nitrogen and oxygen atoms in total. The molecule has 0 amide bonds. The third-order valence-corrected chi connectivity index (χ3v) is 3.37. The topological polar surface area (TPSA) is 57.5 Å². The number of aliphatic hydroxyl groups excluding tert-OH is 2. The van der Waals surface area contributed by atoms with Crippen LogP contribution in [-0.2, 0) is 4.79 Å². The van der Waals surface area contributed by atoms with Crippen LogP contribution in [0.2, 0.25) is 0 Å². The molecule has 1 rings (SSSR count). The molecular formula is C11H20O3. The Morgan fingerprint density at radius 1 is 1.57 bits per heavy atom. The minimum Gasteiger partial charge on any atom is -0.396 e. The molecule has 0 radical (unpaired) electrons. The molecule has 0 aromatic rings. The number of Topliss-reactive ketones (excluding diaryl/α,β-unsaturated/α-hetero) is 1. The maximum atomic E-state index is 11.5. The van der Waals surface area contributed by atoms with Gasteiger partial charge in [0, 0.05) is 18.9 Å². The first-order chi connectivity index (χ1) is 6.57. The first-order valence-electron chi connectivity index (χ1n) is 5.39. The van der Waals surface area contributed by atoms with Gasteiger partial charge in [0.15, 0.2) is 0 Å². The van der Waals surface area contributed by atoms with E-state index in [1.165, 1.54) is 0 Å². The summed E-state index contributed by atoms with van der Waals surface area (Å²) in [5, 5.41) is 18.7. The van der Waals surface area contributed by atoms with Crippen LogP contribution in [-0.4, -0.2) is 28.7 Å². The Morgan fingerprint density at radius 2 is 2.21 bits per heavy atom. The van der Waals surface area contributed by atoms with Gasteiger partial charge in [0.25, 0.3) is 0 Å². The minimum absolute atomic E-state index is 0.00880. The molecule has 1 fully saturated rings. The number of hydrogen-bond donors (Lipinski definition) is 2. The van der Waals surface area contributed by atoms with Crippen molar-refractivity contribution in [3.05, 3.63) is 0 Å². The van der Waals surface area contributed by atoms with Crippen LogP contribution >= 0.6 is 0 Å². The van der Waals surface area contributed by atoms with Gasteiger partial charge in [-0.1, -0.05) is 13.8 Å². The highest BCUT2D eigenvalue weighted by atomic mass is 16.3. The Bertz CT molecular complexity index is 203. The molecule has 0 aromatic heterocycles. The van der Waals surface area contributed by atoms with E-state index in [2.05, 4.69) is 0 Å². The summed E-state index contributed by atoms with van der Waals surface area (Å²) in [5.41, 5.74) is 0. The number of aliphatic hydroxyl groups is 2. The Morgan fingerprint density at radius 3 is 2.64 bits per heavy atom. The SMILES string of the molecule is CC1CCC(=O)[C@@H]1C(O)[C@H](C)CCO. The number of rotatable bonds is 4. The molecule has 14 heavy (non-hydrogen) atoms. The van der Waals surface area contributed by atoms with Crippen LogP contribution in [0, 0.1) is 17.8 Å². The van der Waals surface area contributed by atoms with Gasteiger partial charge in [-0.25, -0.2) is 0 Å². The molecule has 1 saturated carbocycles. The normalized spacial score (nSPS) is 31.9. The maximum Gasteiger partial charge on any atom is 0.138 e. The lowest BCUT2D eigenvalue weighted by atomic mass is 9.84. The monoisotopic (exact) mass is 200 g/mol. The fourth-order valence-corrected chi connectivity index (χ4v) is 2.29. The highest BCUT2D eigenvalue weighted by molar-refractivity contribution is 5.83. The molecule has 0 heterocycles. The minimum atomic E-state index is -0.577. The predicted molar refractivity (Wildman–Crippen MR) is 53.8 cm³/mol. The van der Waals surface area contributed by atoms with Crippen molar-refractivity contribution in [2.24, 2.45) is 17.8 Å². The highest BCUT2D eigenvalue weighted by Crippen LogP contribution is 2.33. The second-order valence-electron chi connectivity index (χ2n) is 4.49.